The van der Waals surface area contributed by atoms with Crippen LogP contribution in [0.25, 0.3) is 5.69 Å². The van der Waals surface area contributed by atoms with Crippen molar-refractivity contribution < 1.29 is 27.1 Å². The van der Waals surface area contributed by atoms with E-state index in [1.54, 1.807) is 16.7 Å². The Morgan fingerprint density at radius 3 is 2.58 bits per heavy atom. The van der Waals surface area contributed by atoms with Gasteiger partial charge in [-0.2, -0.15) is 13.2 Å². The lowest BCUT2D eigenvalue weighted by atomic mass is 10.1. The molecule has 6 nitrogen and oxygen atoms in total. The summed E-state index contributed by atoms with van der Waals surface area (Å²) in [5.41, 5.74) is 0.491. The van der Waals surface area contributed by atoms with Gasteiger partial charge in [0.25, 0.3) is 0 Å². The Labute approximate surface area is 191 Å². The Morgan fingerprint density at radius 2 is 1.85 bits per heavy atom. The predicted molar refractivity (Wildman–Crippen MR) is 115 cm³/mol. The third kappa shape index (κ3) is 5.28. The summed E-state index contributed by atoms with van der Waals surface area (Å²) in [6.07, 6.45) is -4.09. The Balaban J connectivity index is 1.67. The van der Waals surface area contributed by atoms with Crippen LogP contribution in [0.15, 0.2) is 76.3 Å². The fourth-order valence-electron chi connectivity index (χ4n) is 3.17. The molecule has 0 aliphatic carbocycles. The van der Waals surface area contributed by atoms with Crippen LogP contribution in [0.1, 0.15) is 33.3 Å². The molecule has 0 saturated carbocycles. The van der Waals surface area contributed by atoms with Crippen LogP contribution in [0, 0.1) is 0 Å². The van der Waals surface area contributed by atoms with Gasteiger partial charge < -0.3 is 9.15 Å². The zero-order valence-electron chi connectivity index (χ0n) is 17.4. The molecule has 0 N–H and O–H groups in total. The number of alkyl halides is 3. The average molecular weight is 473 g/mol. The van der Waals surface area contributed by atoms with Gasteiger partial charge in [0.05, 0.1) is 24.1 Å². The van der Waals surface area contributed by atoms with Crippen LogP contribution in [-0.2, 0) is 23.1 Å². The minimum atomic E-state index is -4.48. The number of benzene rings is 2. The van der Waals surface area contributed by atoms with Gasteiger partial charge in [-0.05, 0) is 35.9 Å². The van der Waals surface area contributed by atoms with E-state index in [9.17, 15) is 18.0 Å². The molecule has 33 heavy (non-hydrogen) atoms. The number of carbonyl (C=O) groups excluding carboxylic acids is 1. The number of furan rings is 1. The Kier molecular flexibility index (Phi) is 6.55. The van der Waals surface area contributed by atoms with E-state index in [0.717, 1.165) is 17.7 Å². The van der Waals surface area contributed by atoms with Crippen LogP contribution in [0.5, 0.6) is 0 Å². The second-order valence-corrected chi connectivity index (χ2v) is 7.93. The standard InChI is InChI=1S/C23H18F3N3O3S/c1-31-21(30)19-11-10-18(32-19)14-33-22-28-27-20(12-15-6-3-2-4-7-15)29(22)17-9-5-8-16(13-17)23(24,25)26/h2-11,13H,12,14H2,1H3. The number of hydrogen-bond acceptors (Lipinski definition) is 6. The van der Waals surface area contributed by atoms with E-state index in [4.69, 9.17) is 4.42 Å². The molecule has 4 rings (SSSR count). The highest BCUT2D eigenvalue weighted by Crippen LogP contribution is 2.32. The first-order valence-corrected chi connectivity index (χ1v) is 10.8. The molecule has 0 radical (unpaired) electrons. The van der Waals surface area contributed by atoms with Gasteiger partial charge in [-0.25, -0.2) is 4.79 Å². The van der Waals surface area contributed by atoms with E-state index in [0.29, 0.717) is 34.6 Å². The molecule has 0 aliphatic heterocycles. The molecule has 0 amide bonds. The van der Waals surface area contributed by atoms with Crippen molar-refractivity contribution in [1.29, 1.82) is 0 Å². The van der Waals surface area contributed by atoms with Crippen molar-refractivity contribution in [2.24, 2.45) is 0 Å². The molecule has 2 heterocycles. The highest BCUT2D eigenvalue weighted by molar-refractivity contribution is 7.98. The van der Waals surface area contributed by atoms with Crippen molar-refractivity contribution in [3.8, 4) is 5.69 Å². The quantitative estimate of drug-likeness (QED) is 0.259. The van der Waals surface area contributed by atoms with Gasteiger partial charge in [-0.3, -0.25) is 4.57 Å². The summed E-state index contributed by atoms with van der Waals surface area (Å²) in [5, 5.41) is 8.86. The highest BCUT2D eigenvalue weighted by atomic mass is 32.2. The number of aromatic nitrogens is 3. The fourth-order valence-corrected chi connectivity index (χ4v) is 4.03. The van der Waals surface area contributed by atoms with Crippen LogP contribution in [0.3, 0.4) is 0 Å². The van der Waals surface area contributed by atoms with Gasteiger partial charge in [0.2, 0.25) is 5.76 Å². The van der Waals surface area contributed by atoms with E-state index in [2.05, 4.69) is 14.9 Å². The first-order valence-electron chi connectivity index (χ1n) is 9.81. The molecule has 0 atom stereocenters. The van der Waals surface area contributed by atoms with E-state index in [1.807, 2.05) is 30.3 Å². The van der Waals surface area contributed by atoms with Crippen molar-refractivity contribution in [2.75, 3.05) is 7.11 Å². The molecule has 170 valence electrons. The molecule has 10 heteroatoms. The van der Waals surface area contributed by atoms with Crippen LogP contribution in [0.4, 0.5) is 13.2 Å². The monoisotopic (exact) mass is 473 g/mol. The van der Waals surface area contributed by atoms with Crippen LogP contribution in [0.2, 0.25) is 0 Å². The summed E-state index contributed by atoms with van der Waals surface area (Å²) in [7, 11) is 1.26. The van der Waals surface area contributed by atoms with Gasteiger partial charge in [0.1, 0.15) is 11.6 Å². The molecular formula is C23H18F3N3O3S. The van der Waals surface area contributed by atoms with Crippen LogP contribution < -0.4 is 0 Å². The minimum absolute atomic E-state index is 0.0669. The van der Waals surface area contributed by atoms with Crippen molar-refractivity contribution in [1.82, 2.24) is 14.8 Å². The van der Waals surface area contributed by atoms with Crippen molar-refractivity contribution in [3.63, 3.8) is 0 Å². The zero-order chi connectivity index (χ0) is 23.4. The summed E-state index contributed by atoms with van der Waals surface area (Å²) < 4.78 is 51.7. The first-order chi connectivity index (χ1) is 15.8. The number of nitrogens with zero attached hydrogens (tertiary/aromatic N) is 3. The van der Waals surface area contributed by atoms with E-state index in [1.165, 1.54) is 31.0 Å². The first kappa shape index (κ1) is 22.7. The van der Waals surface area contributed by atoms with Crippen LogP contribution in [-0.4, -0.2) is 27.8 Å². The van der Waals surface area contributed by atoms with E-state index < -0.39 is 17.7 Å². The minimum Gasteiger partial charge on any atom is -0.463 e. The highest BCUT2D eigenvalue weighted by Gasteiger charge is 2.31. The third-order valence-electron chi connectivity index (χ3n) is 4.73. The summed E-state index contributed by atoms with van der Waals surface area (Å²) in [6.45, 7) is 0. The number of thioether (sulfide) groups is 1. The Morgan fingerprint density at radius 1 is 1.06 bits per heavy atom. The zero-order valence-corrected chi connectivity index (χ0v) is 18.2. The average Bonchev–Trinajstić information content (AvgIpc) is 3.44. The molecule has 0 bridgehead atoms. The molecule has 2 aromatic heterocycles. The molecular weight excluding hydrogens is 455 g/mol. The second kappa shape index (κ2) is 9.53. The number of ether oxygens (including phenoxy) is 1. The van der Waals surface area contributed by atoms with Gasteiger partial charge in [0.15, 0.2) is 5.16 Å². The molecule has 0 unspecified atom stereocenters. The summed E-state index contributed by atoms with van der Waals surface area (Å²) in [4.78, 5) is 11.6. The lowest BCUT2D eigenvalue weighted by molar-refractivity contribution is -0.137. The lowest BCUT2D eigenvalue weighted by Gasteiger charge is -2.13. The molecule has 0 aliphatic rings. The summed E-state index contributed by atoms with van der Waals surface area (Å²) in [6, 6.07) is 17.6. The fraction of sp³-hybridized carbons (Fsp3) is 0.174. The van der Waals surface area contributed by atoms with Crippen molar-refractivity contribution >= 4 is 17.7 Å². The lowest BCUT2D eigenvalue weighted by Crippen LogP contribution is -2.08. The molecule has 0 spiro atoms. The maximum atomic E-state index is 13.3. The number of halogens is 3. The van der Waals surface area contributed by atoms with Gasteiger partial charge in [-0.15, -0.1) is 10.2 Å². The van der Waals surface area contributed by atoms with E-state index in [-0.39, 0.29) is 5.76 Å². The predicted octanol–water partition coefficient (Wildman–Crippen LogP) is 5.55. The van der Waals surface area contributed by atoms with Crippen LogP contribution >= 0.6 is 11.8 Å². The van der Waals surface area contributed by atoms with Gasteiger partial charge in [0, 0.05) is 6.42 Å². The van der Waals surface area contributed by atoms with Crippen molar-refractivity contribution in [3.05, 3.63) is 95.2 Å². The van der Waals surface area contributed by atoms with Gasteiger partial charge >= 0.3 is 12.1 Å². The maximum absolute atomic E-state index is 13.3. The normalized spacial score (nSPS) is 11.5. The smallest absolute Gasteiger partial charge is 0.416 e. The maximum Gasteiger partial charge on any atom is 0.416 e. The molecule has 2 aromatic carbocycles. The number of carbonyl (C=O) groups is 1. The SMILES string of the molecule is COC(=O)c1ccc(CSc2nnc(Cc3ccccc3)n2-c2cccc(C(F)(F)F)c2)o1. The topological polar surface area (TPSA) is 70.2 Å². The summed E-state index contributed by atoms with van der Waals surface area (Å²) in [5.74, 6) is 0.751. The summed E-state index contributed by atoms with van der Waals surface area (Å²) >= 11 is 1.23. The number of esters is 1. The Hall–Kier alpha value is -3.53. The Bertz CT molecular complexity index is 1250. The second-order valence-electron chi connectivity index (χ2n) is 6.99. The number of rotatable bonds is 7. The number of methoxy groups -OCH3 is 1. The third-order valence-corrected chi connectivity index (χ3v) is 5.68. The molecule has 4 aromatic rings. The van der Waals surface area contributed by atoms with Crippen molar-refractivity contribution in [2.45, 2.75) is 23.5 Å². The van der Waals surface area contributed by atoms with Gasteiger partial charge in [-0.1, -0.05) is 48.2 Å². The molecule has 0 fully saturated rings. The number of hydrogen-bond donors (Lipinski definition) is 0. The molecule has 0 saturated heterocycles. The largest absolute Gasteiger partial charge is 0.463 e. The van der Waals surface area contributed by atoms with E-state index >= 15 is 0 Å².